The summed E-state index contributed by atoms with van der Waals surface area (Å²) in [6, 6.07) is 5.19. The molecule has 0 spiro atoms. The van der Waals surface area contributed by atoms with Crippen LogP contribution in [0.1, 0.15) is 5.56 Å². The van der Waals surface area contributed by atoms with Crippen LogP contribution in [0.15, 0.2) is 47.4 Å². The van der Waals surface area contributed by atoms with E-state index in [1.165, 1.54) is 18.2 Å². The molecule has 33 heavy (non-hydrogen) atoms. The molecule has 3 heterocycles. The maximum Gasteiger partial charge on any atom is 0.534 e. The molecule has 0 saturated carbocycles. The first kappa shape index (κ1) is 25.0. The number of aryl methyl sites for hydroxylation is 1. The molecule has 1 aromatic rings. The number of Topliss-reactive ketones (excluding diaryl/α,β-unsaturated/α-hetero) is 1. The minimum absolute atomic E-state index is 0. The number of alkyl halides is 3. The maximum atomic E-state index is 12.4. The zero-order chi connectivity index (χ0) is 23.3. The Hall–Kier alpha value is -2.67. The van der Waals surface area contributed by atoms with Crippen LogP contribution in [0.5, 0.6) is 5.75 Å². The number of nitrogens with zero attached hydrogens (tertiary/aromatic N) is 3. The minimum atomic E-state index is -5.56. The second-order valence-electron chi connectivity index (χ2n) is 7.68. The Morgan fingerprint density at radius 3 is 1.79 bits per heavy atom. The molecule has 0 atom stereocenters. The van der Waals surface area contributed by atoms with E-state index in [0.717, 1.165) is 57.0 Å². The highest BCUT2D eigenvalue weighted by atomic mass is 32.2. The molecule has 3 saturated heterocycles. The Balaban J connectivity index is 0.000000182. The van der Waals surface area contributed by atoms with Gasteiger partial charge < -0.3 is 18.9 Å². The second kappa shape index (κ2) is 8.93. The lowest BCUT2D eigenvalue weighted by atomic mass is 10.0. The van der Waals surface area contributed by atoms with Gasteiger partial charge in [-0.25, -0.2) is 0 Å². The molecule has 3 fully saturated rings. The molecule has 8 nitrogen and oxygen atoms in total. The molecule has 1 aromatic carbocycles. The molecular formula is C20H22F3N3O5S2. The Labute approximate surface area is 195 Å². The van der Waals surface area contributed by atoms with Crippen LogP contribution in [-0.4, -0.2) is 79.5 Å². The van der Waals surface area contributed by atoms with Crippen LogP contribution in [-0.2, 0) is 19.7 Å². The Morgan fingerprint density at radius 1 is 0.848 bits per heavy atom. The fraction of sp³-hybridized carbons (Fsp3) is 0.400. The quantitative estimate of drug-likeness (QED) is 0.258. The number of carbonyl (C=O) groups is 2. The molecule has 0 amide bonds. The lowest BCUT2D eigenvalue weighted by molar-refractivity contribution is -0.117. The molecule has 1 aliphatic carbocycles. The van der Waals surface area contributed by atoms with E-state index in [4.69, 9.17) is 0 Å². The summed E-state index contributed by atoms with van der Waals surface area (Å²) in [4.78, 5) is 30.5. The first-order valence-electron chi connectivity index (χ1n) is 9.85. The van der Waals surface area contributed by atoms with Gasteiger partial charge in [-0.2, -0.15) is 35.1 Å². The van der Waals surface area contributed by atoms with Gasteiger partial charge in [0, 0.05) is 45.3 Å². The Morgan fingerprint density at radius 2 is 1.33 bits per heavy atom. The predicted octanol–water partition coefficient (Wildman–Crippen LogP) is 1.52. The number of allylic oxidation sites excluding steroid dienone is 1. The monoisotopic (exact) mass is 505 g/mol. The Bertz CT molecular complexity index is 1120. The van der Waals surface area contributed by atoms with Crippen molar-refractivity contribution < 1.29 is 35.4 Å². The van der Waals surface area contributed by atoms with Crippen molar-refractivity contribution in [2.24, 2.45) is 0 Å². The molecule has 3 aliphatic heterocycles. The van der Waals surface area contributed by atoms with Gasteiger partial charge in [-0.05, 0) is 19.1 Å². The fourth-order valence-electron chi connectivity index (χ4n) is 3.04. The summed E-state index contributed by atoms with van der Waals surface area (Å²) in [5.41, 5.74) is -2.73. The third kappa shape index (κ3) is 5.64. The van der Waals surface area contributed by atoms with E-state index in [-0.39, 0.29) is 30.8 Å². The van der Waals surface area contributed by atoms with Crippen molar-refractivity contribution in [3.8, 4) is 5.75 Å². The van der Waals surface area contributed by atoms with E-state index >= 15 is 0 Å². The van der Waals surface area contributed by atoms with Gasteiger partial charge in [-0.1, -0.05) is 17.7 Å². The molecule has 0 N–H and O–H groups in total. The highest BCUT2D eigenvalue weighted by molar-refractivity contribution is 7.88. The van der Waals surface area contributed by atoms with Gasteiger partial charge in [-0.3, -0.25) is 9.59 Å². The van der Waals surface area contributed by atoms with E-state index < -0.39 is 15.6 Å². The smallest absolute Gasteiger partial charge is 0.376 e. The van der Waals surface area contributed by atoms with E-state index in [9.17, 15) is 31.2 Å². The summed E-state index contributed by atoms with van der Waals surface area (Å²) in [5, 5.41) is 0. The van der Waals surface area contributed by atoms with E-state index in [0.29, 0.717) is 17.1 Å². The van der Waals surface area contributed by atoms with Crippen molar-refractivity contribution >= 4 is 35.2 Å². The van der Waals surface area contributed by atoms with Gasteiger partial charge in [0.2, 0.25) is 11.6 Å². The summed E-state index contributed by atoms with van der Waals surface area (Å²) >= 11 is 0. The van der Waals surface area contributed by atoms with Gasteiger partial charge in [0.15, 0.2) is 0 Å². The van der Waals surface area contributed by atoms with E-state index in [1.54, 1.807) is 6.92 Å². The minimum Gasteiger partial charge on any atom is -0.376 e. The predicted molar refractivity (Wildman–Crippen MR) is 117 cm³/mol. The van der Waals surface area contributed by atoms with Gasteiger partial charge in [-0.15, -0.1) is 0 Å². The third-order valence-corrected chi connectivity index (χ3v) is 5.98. The van der Waals surface area contributed by atoms with Crippen LogP contribution in [0.25, 0.3) is 0 Å². The van der Waals surface area contributed by atoms with Crippen LogP contribution in [0.2, 0.25) is 0 Å². The highest BCUT2D eigenvalue weighted by Gasteiger charge is 2.48. The van der Waals surface area contributed by atoms with Crippen LogP contribution in [0.4, 0.5) is 13.2 Å². The van der Waals surface area contributed by atoms with Crippen LogP contribution < -0.4 is 4.18 Å². The summed E-state index contributed by atoms with van der Waals surface area (Å²) < 4.78 is 60.6. The maximum absolute atomic E-state index is 12.4. The molecule has 180 valence electrons. The van der Waals surface area contributed by atoms with E-state index in [2.05, 4.69) is 4.18 Å². The van der Waals surface area contributed by atoms with Crippen molar-refractivity contribution in [1.82, 2.24) is 14.7 Å². The Kier molecular flexibility index (Phi) is 6.76. The number of hydrogen-bond donors (Lipinski definition) is 0. The van der Waals surface area contributed by atoms with Crippen molar-refractivity contribution in [2.75, 3.05) is 39.3 Å². The molecule has 0 radical (unpaired) electrons. The zero-order valence-electron chi connectivity index (χ0n) is 17.6. The summed E-state index contributed by atoms with van der Waals surface area (Å²) in [5.74, 6) is -0.315. The molecular weight excluding hydrogens is 483 g/mol. The highest BCUT2D eigenvalue weighted by Crippen LogP contribution is 2.34. The van der Waals surface area contributed by atoms with Gasteiger partial charge in [0.05, 0.1) is 5.70 Å². The molecule has 13 heteroatoms. The summed E-state index contributed by atoms with van der Waals surface area (Å²) in [6.07, 6.45) is 1.52. The first-order valence-corrected chi connectivity index (χ1v) is 11.3. The second-order valence-corrected chi connectivity index (χ2v) is 9.22. The first-order chi connectivity index (χ1) is 15.0. The molecule has 0 bridgehead atoms. The van der Waals surface area contributed by atoms with Crippen molar-refractivity contribution in [2.45, 2.75) is 12.4 Å². The standard InChI is InChI=1S/C12H13N3O2.C8H7F3O3S.H2S/c16-9-7-8(13-1-2-13)12(17)11(15-5-6-15)10(9)14-3-4-14;1-6-2-4-7(5-3-6)14-15(12,13)8(9,10)11;/h7H,1-6H2;2-5H,1H3;1H2. The van der Waals surface area contributed by atoms with Crippen LogP contribution >= 0.6 is 13.5 Å². The van der Waals surface area contributed by atoms with Gasteiger partial charge in [0.1, 0.15) is 17.1 Å². The molecule has 0 unspecified atom stereocenters. The summed E-state index contributed by atoms with van der Waals surface area (Å²) in [7, 11) is -5.56. The molecule has 4 aliphatic rings. The SMILES string of the molecule is Cc1ccc(OS(=O)(=O)C(F)(F)F)cc1.O=C1C=C(N2CC2)C(=O)C(N2CC2)=C1N1CC1.S. The normalized spacial score (nSPS) is 19.4. The number of halogens is 3. The third-order valence-electron chi connectivity index (χ3n) is 5.00. The fourth-order valence-corrected chi connectivity index (χ4v) is 3.50. The topological polar surface area (TPSA) is 86.5 Å². The van der Waals surface area contributed by atoms with Crippen molar-refractivity contribution in [3.05, 3.63) is 53.0 Å². The summed E-state index contributed by atoms with van der Waals surface area (Å²) in [6.45, 7) is 7.12. The average molecular weight is 506 g/mol. The number of ketones is 2. The lowest BCUT2D eigenvalue weighted by Crippen LogP contribution is -2.29. The number of carbonyl (C=O) groups excluding carboxylic acids is 2. The molecule has 0 aromatic heterocycles. The lowest BCUT2D eigenvalue weighted by Gasteiger charge is -2.21. The number of rotatable bonds is 5. The average Bonchev–Trinajstić information content (AvgIpc) is 3.53. The molecule has 5 rings (SSSR count). The van der Waals surface area contributed by atoms with Crippen molar-refractivity contribution in [3.63, 3.8) is 0 Å². The largest absolute Gasteiger partial charge is 0.534 e. The number of benzene rings is 1. The van der Waals surface area contributed by atoms with Crippen molar-refractivity contribution in [1.29, 1.82) is 0 Å². The van der Waals surface area contributed by atoms with E-state index in [1.807, 2.05) is 14.7 Å². The number of hydrogen-bond acceptors (Lipinski definition) is 8. The van der Waals surface area contributed by atoms with Crippen LogP contribution in [0, 0.1) is 6.92 Å². The van der Waals surface area contributed by atoms with Gasteiger partial charge in [0.25, 0.3) is 0 Å². The van der Waals surface area contributed by atoms with Gasteiger partial charge >= 0.3 is 15.6 Å². The zero-order valence-corrected chi connectivity index (χ0v) is 19.4. The van der Waals surface area contributed by atoms with Crippen LogP contribution in [0.3, 0.4) is 0 Å².